The molecule has 0 unspecified atom stereocenters. The lowest BCUT2D eigenvalue weighted by molar-refractivity contribution is 0.857. The van der Waals surface area contributed by atoms with Crippen LogP contribution in [0.1, 0.15) is 5.69 Å². The van der Waals surface area contributed by atoms with E-state index < -0.39 is 0 Å². The van der Waals surface area contributed by atoms with Crippen LogP contribution in [0.3, 0.4) is 0 Å². The Morgan fingerprint density at radius 3 is 1.96 bits per heavy atom. The topological polar surface area (TPSA) is 43.1 Å². The minimum atomic E-state index is 0.723. The van der Waals surface area contributed by atoms with Crippen LogP contribution in [0.4, 0.5) is 0 Å². The fourth-order valence-electron chi connectivity index (χ4n) is 2.62. The molecule has 23 heavy (non-hydrogen) atoms. The molecule has 0 aliphatic carbocycles. The van der Waals surface area contributed by atoms with E-state index in [0.717, 1.165) is 38.3 Å². The lowest BCUT2D eigenvalue weighted by atomic mass is 10.1. The Labute approximate surface area is 141 Å². The van der Waals surface area contributed by atoms with Gasteiger partial charge in [0.15, 0.2) is 5.65 Å². The van der Waals surface area contributed by atoms with Crippen molar-refractivity contribution >= 4 is 21.6 Å². The Balaban J connectivity index is 1.95. The Hall–Kier alpha value is -2.53. The van der Waals surface area contributed by atoms with Crippen LogP contribution >= 0.6 is 15.9 Å². The molecule has 0 saturated carbocycles. The number of hydrogen-bond donors (Lipinski definition) is 0. The highest BCUT2D eigenvalue weighted by Crippen LogP contribution is 2.31. The summed E-state index contributed by atoms with van der Waals surface area (Å²) in [6.45, 7) is 2.01. The Bertz CT molecular complexity index is 978. The van der Waals surface area contributed by atoms with Gasteiger partial charge in [-0.2, -0.15) is 5.10 Å². The summed E-state index contributed by atoms with van der Waals surface area (Å²) in [6, 6.07) is 20.1. The molecule has 0 fully saturated rings. The third-order valence-electron chi connectivity index (χ3n) is 3.80. The molecule has 2 aromatic carbocycles. The lowest BCUT2D eigenvalue weighted by Gasteiger charge is -2.05. The second-order valence-electron chi connectivity index (χ2n) is 5.26. The van der Waals surface area contributed by atoms with Gasteiger partial charge in [-0.1, -0.05) is 60.7 Å². The van der Waals surface area contributed by atoms with Crippen LogP contribution in [0, 0.1) is 6.92 Å². The maximum Gasteiger partial charge on any atom is 0.192 e. The zero-order chi connectivity index (χ0) is 15.8. The number of rotatable bonds is 2. The molecule has 2 aromatic heterocycles. The summed E-state index contributed by atoms with van der Waals surface area (Å²) >= 11 is 3.62. The number of nitrogens with zero attached hydrogens (tertiary/aromatic N) is 4. The van der Waals surface area contributed by atoms with Crippen molar-refractivity contribution in [2.45, 2.75) is 6.92 Å². The van der Waals surface area contributed by atoms with Gasteiger partial charge >= 0.3 is 0 Å². The summed E-state index contributed by atoms with van der Waals surface area (Å²) in [5.74, 6) is 0. The largest absolute Gasteiger partial charge is 0.214 e. The first-order valence-electron chi connectivity index (χ1n) is 7.28. The number of halogens is 1. The van der Waals surface area contributed by atoms with Crippen LogP contribution in [0.5, 0.6) is 0 Å². The quantitative estimate of drug-likeness (QED) is 0.524. The maximum atomic E-state index is 4.74. The van der Waals surface area contributed by atoms with E-state index in [1.165, 1.54) is 0 Å². The standard InChI is InChI=1S/C18H13BrN4/c1-12-16(13-8-4-2-5-9-13)20-21-18-15(19)17(22-23(12)18)14-10-6-3-7-11-14/h2-11H,1H3. The molecular weight excluding hydrogens is 352 g/mol. The molecule has 0 aliphatic heterocycles. The average Bonchev–Trinajstić information content (AvgIpc) is 2.95. The number of fused-ring (bicyclic) bond motifs is 1. The smallest absolute Gasteiger partial charge is 0.192 e. The minimum absolute atomic E-state index is 0.723. The Morgan fingerprint density at radius 1 is 0.783 bits per heavy atom. The Morgan fingerprint density at radius 2 is 1.35 bits per heavy atom. The van der Waals surface area contributed by atoms with Crippen molar-refractivity contribution in [2.75, 3.05) is 0 Å². The van der Waals surface area contributed by atoms with Crippen LogP contribution in [-0.2, 0) is 0 Å². The van der Waals surface area contributed by atoms with Crippen molar-refractivity contribution in [2.24, 2.45) is 0 Å². The van der Waals surface area contributed by atoms with Crippen LogP contribution in [0.15, 0.2) is 65.1 Å². The molecule has 0 atom stereocenters. The fraction of sp³-hybridized carbons (Fsp3) is 0.0556. The molecule has 0 radical (unpaired) electrons. The second-order valence-corrected chi connectivity index (χ2v) is 6.06. The van der Waals surface area contributed by atoms with E-state index in [1.807, 2.05) is 72.1 Å². The highest BCUT2D eigenvalue weighted by atomic mass is 79.9. The third kappa shape index (κ3) is 2.33. The van der Waals surface area contributed by atoms with Gasteiger partial charge in [-0.25, -0.2) is 4.52 Å². The molecular formula is C18H13BrN4. The zero-order valence-corrected chi connectivity index (χ0v) is 14.0. The molecule has 0 N–H and O–H groups in total. The van der Waals surface area contributed by atoms with Crippen LogP contribution in [0.25, 0.3) is 28.2 Å². The first-order valence-corrected chi connectivity index (χ1v) is 8.07. The van der Waals surface area contributed by atoms with Gasteiger partial charge < -0.3 is 0 Å². The van der Waals surface area contributed by atoms with Gasteiger partial charge in [-0.15, -0.1) is 10.2 Å². The van der Waals surface area contributed by atoms with Gasteiger partial charge in [-0.05, 0) is 22.9 Å². The molecule has 0 amide bonds. The number of hydrogen-bond acceptors (Lipinski definition) is 3. The van der Waals surface area contributed by atoms with E-state index in [2.05, 4.69) is 26.1 Å². The van der Waals surface area contributed by atoms with E-state index in [4.69, 9.17) is 5.10 Å². The van der Waals surface area contributed by atoms with Gasteiger partial charge in [0, 0.05) is 11.1 Å². The molecule has 5 heteroatoms. The van der Waals surface area contributed by atoms with Crippen LogP contribution < -0.4 is 0 Å². The summed E-state index contributed by atoms with van der Waals surface area (Å²) in [6.07, 6.45) is 0. The summed E-state index contributed by atoms with van der Waals surface area (Å²) in [4.78, 5) is 0. The van der Waals surface area contributed by atoms with E-state index >= 15 is 0 Å². The van der Waals surface area contributed by atoms with E-state index in [0.29, 0.717) is 0 Å². The molecule has 0 saturated heterocycles. The van der Waals surface area contributed by atoms with Crippen molar-refractivity contribution in [1.29, 1.82) is 0 Å². The third-order valence-corrected chi connectivity index (χ3v) is 4.53. The van der Waals surface area contributed by atoms with Crippen LogP contribution in [0.2, 0.25) is 0 Å². The predicted octanol–water partition coefficient (Wildman–Crippen LogP) is 4.53. The van der Waals surface area contributed by atoms with Gasteiger partial charge in [0.25, 0.3) is 0 Å². The lowest BCUT2D eigenvalue weighted by Crippen LogP contribution is -2.02. The van der Waals surface area contributed by atoms with E-state index in [-0.39, 0.29) is 0 Å². The average molecular weight is 365 g/mol. The van der Waals surface area contributed by atoms with E-state index in [1.54, 1.807) is 0 Å². The molecule has 4 aromatic rings. The molecule has 0 aliphatic rings. The van der Waals surface area contributed by atoms with E-state index in [9.17, 15) is 0 Å². The number of aryl methyl sites for hydroxylation is 1. The van der Waals surface area contributed by atoms with Gasteiger partial charge in [0.1, 0.15) is 11.4 Å². The normalized spacial score (nSPS) is 11.0. The molecule has 112 valence electrons. The molecule has 4 nitrogen and oxygen atoms in total. The highest BCUT2D eigenvalue weighted by Gasteiger charge is 2.17. The van der Waals surface area contributed by atoms with Crippen molar-refractivity contribution in [3.8, 4) is 22.5 Å². The SMILES string of the molecule is Cc1c(-c2ccccc2)nnc2c(Br)c(-c3ccccc3)nn12. The van der Waals surface area contributed by atoms with Gasteiger partial charge in [-0.3, -0.25) is 0 Å². The molecule has 0 spiro atoms. The first kappa shape index (κ1) is 14.1. The number of aromatic nitrogens is 4. The summed E-state index contributed by atoms with van der Waals surface area (Å²) < 4.78 is 2.71. The maximum absolute atomic E-state index is 4.74. The highest BCUT2D eigenvalue weighted by molar-refractivity contribution is 9.10. The molecule has 4 rings (SSSR count). The van der Waals surface area contributed by atoms with Crippen LogP contribution in [-0.4, -0.2) is 19.8 Å². The number of benzene rings is 2. The van der Waals surface area contributed by atoms with Crippen molar-refractivity contribution < 1.29 is 0 Å². The van der Waals surface area contributed by atoms with Crippen molar-refractivity contribution in [3.05, 3.63) is 70.8 Å². The summed E-state index contributed by atoms with van der Waals surface area (Å²) in [5, 5.41) is 13.5. The molecule has 0 bridgehead atoms. The fourth-order valence-corrected chi connectivity index (χ4v) is 3.18. The second kappa shape index (κ2) is 5.59. The Kier molecular flexibility index (Phi) is 3.42. The van der Waals surface area contributed by atoms with Gasteiger partial charge in [0.05, 0.1) is 10.2 Å². The predicted molar refractivity (Wildman–Crippen MR) is 94.1 cm³/mol. The molecule has 2 heterocycles. The zero-order valence-electron chi connectivity index (χ0n) is 12.4. The van der Waals surface area contributed by atoms with Crippen molar-refractivity contribution in [1.82, 2.24) is 19.8 Å². The monoisotopic (exact) mass is 364 g/mol. The first-order chi connectivity index (χ1) is 11.3. The minimum Gasteiger partial charge on any atom is -0.214 e. The summed E-state index contributed by atoms with van der Waals surface area (Å²) in [5.41, 5.74) is 5.48. The summed E-state index contributed by atoms with van der Waals surface area (Å²) in [7, 11) is 0. The van der Waals surface area contributed by atoms with Crippen molar-refractivity contribution in [3.63, 3.8) is 0 Å². The van der Waals surface area contributed by atoms with Gasteiger partial charge in [0.2, 0.25) is 0 Å².